The van der Waals surface area contributed by atoms with Gasteiger partial charge in [0.2, 0.25) is 0 Å². The fourth-order valence-corrected chi connectivity index (χ4v) is 5.77. The summed E-state index contributed by atoms with van der Waals surface area (Å²) in [6.07, 6.45) is 6.76. The highest BCUT2D eigenvalue weighted by Crippen LogP contribution is 2.51. The van der Waals surface area contributed by atoms with Crippen LogP contribution in [0, 0.1) is 5.92 Å². The van der Waals surface area contributed by atoms with E-state index in [0.717, 1.165) is 13.2 Å². The molecule has 0 bridgehead atoms. The Morgan fingerprint density at radius 1 is 1.00 bits per heavy atom. The van der Waals surface area contributed by atoms with Crippen molar-refractivity contribution in [1.82, 2.24) is 0 Å². The molecule has 0 unspecified atom stereocenters. The van der Waals surface area contributed by atoms with Crippen molar-refractivity contribution in [3.05, 3.63) is 0 Å². The first-order chi connectivity index (χ1) is 7.67. The van der Waals surface area contributed by atoms with E-state index >= 15 is 0 Å². The van der Waals surface area contributed by atoms with Crippen LogP contribution in [0.5, 0.6) is 0 Å². The van der Waals surface area contributed by atoms with Crippen molar-refractivity contribution in [3.8, 4) is 0 Å². The van der Waals surface area contributed by atoms with Gasteiger partial charge in [0.15, 0.2) is 0 Å². The second kappa shape index (κ2) is 6.77. The summed E-state index contributed by atoms with van der Waals surface area (Å²) in [6.45, 7) is 10.5. The first-order valence-electron chi connectivity index (χ1n) is 6.90. The van der Waals surface area contributed by atoms with Crippen LogP contribution in [0.25, 0.3) is 0 Å². The van der Waals surface area contributed by atoms with Gasteiger partial charge in [-0.15, -0.1) is 0 Å². The Labute approximate surface area is 103 Å². The highest BCUT2D eigenvalue weighted by atomic mass is 28.3. The number of rotatable bonds is 6. The maximum Gasteiger partial charge on any atom is 0.328 e. The molecule has 0 spiro atoms. The van der Waals surface area contributed by atoms with Gasteiger partial charge < -0.3 is 8.85 Å². The first kappa shape index (κ1) is 14.2. The highest BCUT2D eigenvalue weighted by Gasteiger charge is 2.45. The monoisotopic (exact) mass is 244 g/mol. The fraction of sp³-hybridized carbons (Fsp3) is 1.00. The molecule has 0 aromatic carbocycles. The molecule has 1 aliphatic rings. The van der Waals surface area contributed by atoms with Crippen LogP contribution < -0.4 is 0 Å². The Hall–Kier alpha value is 0.137. The van der Waals surface area contributed by atoms with Crippen LogP contribution in [0.1, 0.15) is 59.8 Å². The third-order valence-electron chi connectivity index (χ3n) is 4.04. The fourth-order valence-electron chi connectivity index (χ4n) is 2.98. The predicted molar refractivity (Wildman–Crippen MR) is 71.0 cm³/mol. The summed E-state index contributed by atoms with van der Waals surface area (Å²) in [6, 6.07) is 0. The van der Waals surface area contributed by atoms with Crippen LogP contribution in [-0.2, 0) is 8.85 Å². The predicted octanol–water partition coefficient (Wildman–Crippen LogP) is 3.64. The van der Waals surface area contributed by atoms with Gasteiger partial charge >= 0.3 is 9.28 Å². The van der Waals surface area contributed by atoms with Crippen molar-refractivity contribution in [2.75, 3.05) is 13.2 Å². The zero-order chi connectivity index (χ0) is 12.0. The molecule has 0 N–H and O–H groups in total. The Morgan fingerprint density at radius 3 is 1.88 bits per heavy atom. The average molecular weight is 244 g/mol. The summed E-state index contributed by atoms with van der Waals surface area (Å²) in [7, 11) is -1.51. The van der Waals surface area contributed by atoms with Gasteiger partial charge in [-0.1, -0.05) is 33.1 Å². The van der Waals surface area contributed by atoms with Crippen molar-refractivity contribution in [2.45, 2.75) is 64.8 Å². The molecular formula is C13H28O2Si. The minimum atomic E-state index is -1.51. The molecule has 16 heavy (non-hydrogen) atoms. The molecule has 0 atom stereocenters. The van der Waals surface area contributed by atoms with Crippen molar-refractivity contribution < 1.29 is 8.85 Å². The number of hydrogen-bond donors (Lipinski definition) is 0. The highest BCUT2D eigenvalue weighted by molar-refractivity contribution is 6.48. The first-order valence-corrected chi connectivity index (χ1v) is 8.42. The van der Waals surface area contributed by atoms with Gasteiger partial charge in [-0.3, -0.25) is 0 Å². The Balaban J connectivity index is 2.78. The van der Waals surface area contributed by atoms with Crippen molar-refractivity contribution >= 4 is 9.28 Å². The van der Waals surface area contributed by atoms with Gasteiger partial charge in [0.1, 0.15) is 0 Å². The summed E-state index contributed by atoms with van der Waals surface area (Å²) < 4.78 is 12.0. The lowest BCUT2D eigenvalue weighted by Crippen LogP contribution is -2.43. The molecule has 2 nitrogen and oxygen atoms in total. The Bertz CT molecular complexity index is 182. The molecule has 0 aliphatic heterocycles. The van der Waals surface area contributed by atoms with E-state index in [1.807, 2.05) is 0 Å². The van der Waals surface area contributed by atoms with Crippen molar-refractivity contribution in [3.63, 3.8) is 0 Å². The van der Waals surface area contributed by atoms with Crippen LogP contribution >= 0.6 is 0 Å². The van der Waals surface area contributed by atoms with Crippen molar-refractivity contribution in [2.24, 2.45) is 5.92 Å². The SMILES string of the molecule is CCO[SiH](OCC)C1(C(C)C)CCCCC1. The maximum absolute atomic E-state index is 6.00. The average Bonchev–Trinajstić information content (AvgIpc) is 2.29. The molecule has 1 aliphatic carbocycles. The molecule has 0 saturated heterocycles. The van der Waals surface area contributed by atoms with E-state index in [9.17, 15) is 0 Å². The van der Waals surface area contributed by atoms with Gasteiger partial charge in [-0.25, -0.2) is 0 Å². The van der Waals surface area contributed by atoms with Gasteiger partial charge in [-0.2, -0.15) is 0 Å². The number of hydrogen-bond acceptors (Lipinski definition) is 2. The molecular weight excluding hydrogens is 216 g/mol. The van der Waals surface area contributed by atoms with Gasteiger partial charge in [0.05, 0.1) is 0 Å². The quantitative estimate of drug-likeness (QED) is 0.664. The van der Waals surface area contributed by atoms with Crippen LogP contribution in [0.15, 0.2) is 0 Å². The van der Waals surface area contributed by atoms with Gasteiger partial charge in [0, 0.05) is 18.3 Å². The normalized spacial score (nSPS) is 20.6. The molecule has 0 radical (unpaired) electrons. The van der Waals surface area contributed by atoms with E-state index < -0.39 is 9.28 Å². The molecule has 0 amide bonds. The van der Waals surface area contributed by atoms with Crippen molar-refractivity contribution in [1.29, 1.82) is 0 Å². The zero-order valence-electron chi connectivity index (χ0n) is 11.4. The third-order valence-corrected chi connectivity index (χ3v) is 7.49. The molecule has 0 heterocycles. The summed E-state index contributed by atoms with van der Waals surface area (Å²) in [5.74, 6) is 0.697. The summed E-state index contributed by atoms with van der Waals surface area (Å²) in [4.78, 5) is 0. The standard InChI is InChI=1S/C13H28O2Si/c1-5-14-16(15-6-2)13(12(3)4)10-8-7-9-11-13/h12,16H,5-11H2,1-4H3. The summed E-state index contributed by atoms with van der Waals surface area (Å²) >= 11 is 0. The maximum atomic E-state index is 6.00. The van der Waals surface area contributed by atoms with Gasteiger partial charge in [-0.05, 0) is 32.6 Å². The van der Waals surface area contributed by atoms with Crippen LogP contribution in [0.4, 0.5) is 0 Å². The largest absolute Gasteiger partial charge is 0.396 e. The van der Waals surface area contributed by atoms with Crippen LogP contribution in [0.3, 0.4) is 0 Å². The minimum Gasteiger partial charge on any atom is -0.396 e. The van der Waals surface area contributed by atoms with Crippen LogP contribution in [-0.4, -0.2) is 22.5 Å². The lowest BCUT2D eigenvalue weighted by Gasteiger charge is -2.44. The molecule has 0 aromatic heterocycles. The van der Waals surface area contributed by atoms with E-state index in [0.29, 0.717) is 11.0 Å². The zero-order valence-corrected chi connectivity index (χ0v) is 12.6. The molecule has 3 heteroatoms. The van der Waals surface area contributed by atoms with E-state index in [1.54, 1.807) is 0 Å². The smallest absolute Gasteiger partial charge is 0.328 e. The summed E-state index contributed by atoms with van der Waals surface area (Å²) in [5.41, 5.74) is 0. The second-order valence-electron chi connectivity index (χ2n) is 5.19. The molecule has 0 aromatic rings. The summed E-state index contributed by atoms with van der Waals surface area (Å²) in [5, 5.41) is 0.393. The van der Waals surface area contributed by atoms with E-state index in [2.05, 4.69) is 27.7 Å². The van der Waals surface area contributed by atoms with E-state index in [-0.39, 0.29) is 0 Å². The van der Waals surface area contributed by atoms with Crippen LogP contribution in [0.2, 0.25) is 5.04 Å². The lowest BCUT2D eigenvalue weighted by atomic mass is 9.80. The molecule has 1 fully saturated rings. The topological polar surface area (TPSA) is 18.5 Å². The Morgan fingerprint density at radius 2 is 1.50 bits per heavy atom. The molecule has 1 rings (SSSR count). The van der Waals surface area contributed by atoms with Gasteiger partial charge in [0.25, 0.3) is 0 Å². The minimum absolute atomic E-state index is 0.393. The second-order valence-corrected chi connectivity index (χ2v) is 7.67. The van der Waals surface area contributed by atoms with E-state index in [1.165, 1.54) is 32.1 Å². The molecule has 96 valence electrons. The molecule has 1 saturated carbocycles. The third kappa shape index (κ3) is 3.08. The Kier molecular flexibility index (Phi) is 6.01. The lowest BCUT2D eigenvalue weighted by molar-refractivity contribution is 0.145. The van der Waals surface area contributed by atoms with E-state index in [4.69, 9.17) is 8.85 Å².